The molecule has 147 valence electrons. The van der Waals surface area contributed by atoms with E-state index in [2.05, 4.69) is 6.92 Å². The van der Waals surface area contributed by atoms with Gasteiger partial charge in [0.1, 0.15) is 6.54 Å². The first-order chi connectivity index (χ1) is 12.0. The van der Waals surface area contributed by atoms with Gasteiger partial charge >= 0.3 is 11.9 Å². The number of amides is 1. The van der Waals surface area contributed by atoms with Gasteiger partial charge in [0.25, 0.3) is 0 Å². The maximum absolute atomic E-state index is 12.0. The number of hydrogen-bond acceptors (Lipinski definition) is 3. The maximum atomic E-state index is 12.0. The van der Waals surface area contributed by atoms with Crippen LogP contribution < -0.4 is 0 Å². The molecule has 7 heteroatoms. The molecule has 0 atom stereocenters. The molecule has 0 unspecified atom stereocenters. The van der Waals surface area contributed by atoms with Gasteiger partial charge in [0.05, 0.1) is 6.42 Å². The zero-order chi connectivity index (χ0) is 18.9. The predicted molar refractivity (Wildman–Crippen MR) is 103 cm³/mol. The Hall–Kier alpha value is -0.590. The smallest absolute Gasteiger partial charge is 0.323 e. The van der Waals surface area contributed by atoms with Crippen molar-refractivity contribution in [2.45, 2.75) is 90.4 Å². The molecule has 0 heterocycles. The summed E-state index contributed by atoms with van der Waals surface area (Å²) in [4.78, 5) is 34.5. The molecular formula is C19H35NNaO5. The normalized spacial score (nSPS) is 10.2. The van der Waals surface area contributed by atoms with Gasteiger partial charge in [0.2, 0.25) is 5.91 Å². The van der Waals surface area contributed by atoms with Gasteiger partial charge in [0.15, 0.2) is 0 Å². The summed E-state index contributed by atoms with van der Waals surface area (Å²) in [6, 6.07) is 0. The number of nitrogens with zero attached hydrogens (tertiary/aromatic N) is 1. The Kier molecular flexibility index (Phi) is 20.4. The summed E-state index contributed by atoms with van der Waals surface area (Å²) < 4.78 is 0. The third kappa shape index (κ3) is 18.2. The standard InChI is InChI=1S/C19H35NO5.Na/c1-2-3-4-5-6-7-8-9-10-11-12-13-17(21)20(16-19(24)25)15-14-18(22)23;/h2-16H2,1H3,(H,22,23)(H,24,25);. The van der Waals surface area contributed by atoms with Crippen molar-refractivity contribution in [1.82, 2.24) is 4.90 Å². The molecule has 0 bridgehead atoms. The second kappa shape index (κ2) is 19.2. The largest absolute Gasteiger partial charge is 0.481 e. The summed E-state index contributed by atoms with van der Waals surface area (Å²) in [6.45, 7) is 1.75. The molecule has 1 radical (unpaired) electrons. The van der Waals surface area contributed by atoms with Crippen LogP contribution in [0.25, 0.3) is 0 Å². The average Bonchev–Trinajstić information content (AvgIpc) is 2.55. The van der Waals surface area contributed by atoms with Crippen molar-refractivity contribution in [3.8, 4) is 0 Å². The zero-order valence-corrected chi connectivity index (χ0v) is 18.7. The molecule has 6 nitrogen and oxygen atoms in total. The third-order valence-corrected chi connectivity index (χ3v) is 4.27. The SMILES string of the molecule is CCCCCCCCCCCCCC(=O)N(CCC(=O)O)CC(=O)O.[Na]. The number of carboxylic acid groups (broad SMARTS) is 2. The van der Waals surface area contributed by atoms with E-state index in [1.807, 2.05) is 0 Å². The maximum Gasteiger partial charge on any atom is 0.323 e. The first-order valence-electron chi connectivity index (χ1n) is 9.68. The fourth-order valence-electron chi connectivity index (χ4n) is 2.78. The first-order valence-corrected chi connectivity index (χ1v) is 9.68. The summed E-state index contributed by atoms with van der Waals surface area (Å²) >= 11 is 0. The Labute approximate surface area is 180 Å². The van der Waals surface area contributed by atoms with E-state index >= 15 is 0 Å². The van der Waals surface area contributed by atoms with Crippen molar-refractivity contribution >= 4 is 47.4 Å². The molecule has 0 aromatic heterocycles. The third-order valence-electron chi connectivity index (χ3n) is 4.27. The number of carboxylic acids is 2. The predicted octanol–water partition coefficient (Wildman–Crippen LogP) is 3.69. The molecule has 26 heavy (non-hydrogen) atoms. The fraction of sp³-hybridized carbons (Fsp3) is 0.842. The van der Waals surface area contributed by atoms with Crippen LogP contribution in [0.3, 0.4) is 0 Å². The summed E-state index contributed by atoms with van der Waals surface area (Å²) in [5.74, 6) is -2.41. The molecule has 0 fully saturated rings. The van der Waals surface area contributed by atoms with Crippen LogP contribution >= 0.6 is 0 Å². The van der Waals surface area contributed by atoms with Crippen LogP contribution in [0.1, 0.15) is 90.4 Å². The van der Waals surface area contributed by atoms with E-state index in [0.29, 0.717) is 6.42 Å². The molecule has 0 spiro atoms. The average molecular weight is 380 g/mol. The van der Waals surface area contributed by atoms with E-state index in [4.69, 9.17) is 10.2 Å². The van der Waals surface area contributed by atoms with Crippen LogP contribution in [0.2, 0.25) is 0 Å². The van der Waals surface area contributed by atoms with Gasteiger partial charge in [-0.05, 0) is 6.42 Å². The molecule has 0 saturated carbocycles. The van der Waals surface area contributed by atoms with Crippen LogP contribution in [0.5, 0.6) is 0 Å². The van der Waals surface area contributed by atoms with Gasteiger partial charge in [-0.15, -0.1) is 0 Å². The van der Waals surface area contributed by atoms with Crippen LogP contribution in [0.15, 0.2) is 0 Å². The van der Waals surface area contributed by atoms with E-state index in [9.17, 15) is 14.4 Å². The second-order valence-electron chi connectivity index (χ2n) is 6.64. The van der Waals surface area contributed by atoms with E-state index in [1.54, 1.807) is 0 Å². The second-order valence-corrected chi connectivity index (χ2v) is 6.64. The minimum absolute atomic E-state index is 0. The molecule has 0 aliphatic heterocycles. The molecule has 0 rings (SSSR count). The van der Waals surface area contributed by atoms with E-state index < -0.39 is 18.5 Å². The summed E-state index contributed by atoms with van der Waals surface area (Å²) in [6.07, 6.45) is 13.2. The van der Waals surface area contributed by atoms with E-state index in [1.165, 1.54) is 51.4 Å². The summed E-state index contributed by atoms with van der Waals surface area (Å²) in [5.41, 5.74) is 0. The van der Waals surface area contributed by atoms with Gasteiger partial charge in [0, 0.05) is 42.5 Å². The summed E-state index contributed by atoms with van der Waals surface area (Å²) in [7, 11) is 0. The van der Waals surface area contributed by atoms with Crippen LogP contribution in [-0.2, 0) is 14.4 Å². The molecule has 0 aromatic carbocycles. The van der Waals surface area contributed by atoms with E-state index in [0.717, 1.165) is 24.2 Å². The zero-order valence-electron chi connectivity index (χ0n) is 16.7. The van der Waals surface area contributed by atoms with Gasteiger partial charge in [-0.2, -0.15) is 0 Å². The van der Waals surface area contributed by atoms with Gasteiger partial charge in [-0.25, -0.2) is 0 Å². The van der Waals surface area contributed by atoms with Crippen molar-refractivity contribution in [1.29, 1.82) is 0 Å². The molecule has 0 aromatic rings. The Morgan fingerprint density at radius 1 is 0.692 bits per heavy atom. The molecule has 0 saturated heterocycles. The van der Waals surface area contributed by atoms with Crippen molar-refractivity contribution in [2.75, 3.05) is 13.1 Å². The van der Waals surface area contributed by atoms with Crippen molar-refractivity contribution in [3.63, 3.8) is 0 Å². The summed E-state index contributed by atoms with van der Waals surface area (Å²) in [5, 5.41) is 17.5. The molecule has 1 amide bonds. The topological polar surface area (TPSA) is 94.9 Å². The number of carbonyl (C=O) groups is 3. The minimum atomic E-state index is -1.11. The Morgan fingerprint density at radius 2 is 1.15 bits per heavy atom. The monoisotopic (exact) mass is 380 g/mol. The number of carbonyl (C=O) groups excluding carboxylic acids is 1. The van der Waals surface area contributed by atoms with Crippen LogP contribution in [-0.4, -0.2) is 75.6 Å². The Morgan fingerprint density at radius 3 is 1.58 bits per heavy atom. The number of aliphatic carboxylic acids is 2. The van der Waals surface area contributed by atoms with Gasteiger partial charge in [-0.1, -0.05) is 71.1 Å². The number of hydrogen-bond donors (Lipinski definition) is 2. The van der Waals surface area contributed by atoms with Gasteiger partial charge < -0.3 is 15.1 Å². The molecule has 2 N–H and O–H groups in total. The number of rotatable bonds is 17. The number of unbranched alkanes of at least 4 members (excludes halogenated alkanes) is 10. The minimum Gasteiger partial charge on any atom is -0.481 e. The fourth-order valence-corrected chi connectivity index (χ4v) is 2.78. The molecule has 0 aliphatic rings. The Bertz CT molecular complexity index is 390. The van der Waals surface area contributed by atoms with Crippen LogP contribution in [0, 0.1) is 0 Å². The first kappa shape index (κ1) is 27.6. The van der Waals surface area contributed by atoms with Gasteiger partial charge in [-0.3, -0.25) is 14.4 Å². The molecule has 0 aliphatic carbocycles. The van der Waals surface area contributed by atoms with Crippen molar-refractivity contribution in [3.05, 3.63) is 0 Å². The van der Waals surface area contributed by atoms with E-state index in [-0.39, 0.29) is 48.4 Å². The quantitative estimate of drug-likeness (QED) is 0.296. The van der Waals surface area contributed by atoms with Crippen LogP contribution in [0.4, 0.5) is 0 Å². The van der Waals surface area contributed by atoms with Crippen molar-refractivity contribution in [2.24, 2.45) is 0 Å². The van der Waals surface area contributed by atoms with Crippen molar-refractivity contribution < 1.29 is 24.6 Å². The molecular weight excluding hydrogens is 345 g/mol. The Balaban J connectivity index is 0.